The van der Waals surface area contributed by atoms with E-state index in [2.05, 4.69) is 39.2 Å². The van der Waals surface area contributed by atoms with Crippen LogP contribution >= 0.6 is 0 Å². The third-order valence-electron chi connectivity index (χ3n) is 5.27. The van der Waals surface area contributed by atoms with Gasteiger partial charge in [-0.25, -0.2) is 4.79 Å². The normalized spacial score (nSPS) is 22.0. The predicted molar refractivity (Wildman–Crippen MR) is 108 cm³/mol. The fraction of sp³-hybridized carbons (Fsp3) is 0.947. The Morgan fingerprint density at radius 1 is 1.23 bits per heavy atom. The van der Waals surface area contributed by atoms with Crippen molar-refractivity contribution in [2.24, 2.45) is 0 Å². The summed E-state index contributed by atoms with van der Waals surface area (Å²) in [7, 11) is -1.88. The summed E-state index contributed by atoms with van der Waals surface area (Å²) in [6.07, 6.45) is 2.45. The van der Waals surface area contributed by atoms with Gasteiger partial charge in [0.05, 0.1) is 12.8 Å². The van der Waals surface area contributed by atoms with E-state index in [4.69, 9.17) is 14.3 Å². The zero-order valence-electron chi connectivity index (χ0n) is 18.0. The summed E-state index contributed by atoms with van der Waals surface area (Å²) >= 11 is 0. The second-order valence-electron chi connectivity index (χ2n) is 9.82. The topological polar surface area (TPSA) is 71.0 Å². The largest absolute Gasteiger partial charge is 0.444 e. The molecule has 0 unspecified atom stereocenters. The molecule has 0 aromatic heterocycles. The molecule has 0 aromatic carbocycles. The number of nitrogens with zero attached hydrogens (tertiary/aromatic N) is 1. The highest BCUT2D eigenvalue weighted by Gasteiger charge is 2.44. The molecule has 1 aliphatic heterocycles. The molecule has 0 bridgehead atoms. The second-order valence-corrected chi connectivity index (χ2v) is 14.6. The number of rotatable bonds is 7. The van der Waals surface area contributed by atoms with E-state index in [1.165, 1.54) is 0 Å². The molecule has 0 spiro atoms. The molecule has 1 rings (SSSR count). The smallest absolute Gasteiger partial charge is 0.410 e. The number of hydrogen-bond acceptors (Lipinski definition) is 5. The van der Waals surface area contributed by atoms with Crippen LogP contribution < -0.4 is 5.32 Å². The molecule has 0 radical (unpaired) electrons. The lowest BCUT2D eigenvalue weighted by atomic mass is 10.1. The van der Waals surface area contributed by atoms with E-state index in [-0.39, 0.29) is 30.0 Å². The van der Waals surface area contributed by atoms with E-state index in [1.54, 1.807) is 0 Å². The van der Waals surface area contributed by atoms with E-state index in [0.29, 0.717) is 6.54 Å². The van der Waals surface area contributed by atoms with E-state index in [0.717, 1.165) is 25.8 Å². The minimum atomic E-state index is -1.88. The van der Waals surface area contributed by atoms with Gasteiger partial charge in [0.2, 0.25) is 0 Å². The summed E-state index contributed by atoms with van der Waals surface area (Å²) in [4.78, 5) is 14.5. The van der Waals surface area contributed by atoms with E-state index in [9.17, 15) is 4.79 Å². The van der Waals surface area contributed by atoms with Crippen LogP contribution in [0.5, 0.6) is 0 Å². The number of aliphatic hydroxyl groups is 1. The zero-order chi connectivity index (χ0) is 20.2. The molecule has 7 heteroatoms. The molecule has 2 atom stereocenters. The molecule has 6 nitrogen and oxygen atoms in total. The van der Waals surface area contributed by atoms with Gasteiger partial charge in [-0.2, -0.15) is 0 Å². The highest BCUT2D eigenvalue weighted by Crippen LogP contribution is 2.39. The maximum atomic E-state index is 12.7. The molecule has 2 N–H and O–H groups in total. The van der Waals surface area contributed by atoms with Crippen molar-refractivity contribution >= 4 is 14.4 Å². The highest BCUT2D eigenvalue weighted by molar-refractivity contribution is 6.74. The number of carbonyl (C=O) groups excluding carboxylic acids is 1. The van der Waals surface area contributed by atoms with Gasteiger partial charge in [0.25, 0.3) is 0 Å². The van der Waals surface area contributed by atoms with Crippen molar-refractivity contribution in [2.45, 2.75) is 96.7 Å². The van der Waals surface area contributed by atoms with Crippen LogP contribution in [-0.4, -0.2) is 62.0 Å². The average molecular weight is 389 g/mol. The van der Waals surface area contributed by atoms with Crippen molar-refractivity contribution in [3.63, 3.8) is 0 Å². The van der Waals surface area contributed by atoms with Gasteiger partial charge in [-0.05, 0) is 64.7 Å². The minimum Gasteiger partial charge on any atom is -0.444 e. The molecule has 1 saturated heterocycles. The minimum absolute atomic E-state index is 0.0163. The summed E-state index contributed by atoms with van der Waals surface area (Å²) < 4.78 is 12.2. The Labute approximate surface area is 160 Å². The van der Waals surface area contributed by atoms with Crippen molar-refractivity contribution in [1.29, 1.82) is 0 Å². The lowest BCUT2D eigenvalue weighted by Crippen LogP contribution is -2.45. The standard InChI is InChI=1S/C19H40N2O4Si/c1-18(2,3)24-17(23)21-13-16(25-26(7,8)19(4,5)6)12-15(21)10-9-11-20-14-22/h15-16,20,22H,9-14H2,1-8H3/t15-,16+/m0/s1. The molecule has 26 heavy (non-hydrogen) atoms. The van der Waals surface area contributed by atoms with E-state index < -0.39 is 13.9 Å². The first kappa shape index (κ1) is 23.4. The van der Waals surface area contributed by atoms with Crippen molar-refractivity contribution in [3.8, 4) is 0 Å². The van der Waals surface area contributed by atoms with Crippen LogP contribution in [0.15, 0.2) is 0 Å². The zero-order valence-corrected chi connectivity index (χ0v) is 19.0. The molecule has 0 aromatic rings. The number of carbonyl (C=O) groups is 1. The van der Waals surface area contributed by atoms with E-state index >= 15 is 0 Å². The average Bonchev–Trinajstić information content (AvgIpc) is 2.83. The summed E-state index contributed by atoms with van der Waals surface area (Å²) in [6, 6.07) is 0.125. The first-order valence-corrected chi connectivity index (χ1v) is 12.7. The lowest BCUT2D eigenvalue weighted by Gasteiger charge is -2.38. The van der Waals surface area contributed by atoms with Crippen LogP contribution in [0.3, 0.4) is 0 Å². The van der Waals surface area contributed by atoms with Gasteiger partial charge in [-0.15, -0.1) is 0 Å². The fourth-order valence-corrected chi connectivity index (χ4v) is 4.27. The molecule has 0 aliphatic carbocycles. The summed E-state index contributed by atoms with van der Waals surface area (Å²) in [6.45, 7) is 18.2. The van der Waals surface area contributed by atoms with Crippen molar-refractivity contribution in [1.82, 2.24) is 10.2 Å². The number of likely N-dealkylation sites (tertiary alicyclic amines) is 1. The van der Waals surface area contributed by atoms with Crippen LogP contribution in [0.25, 0.3) is 0 Å². The van der Waals surface area contributed by atoms with Gasteiger partial charge >= 0.3 is 6.09 Å². The number of nitrogens with one attached hydrogen (secondary N) is 1. The monoisotopic (exact) mass is 388 g/mol. The summed E-state index contributed by atoms with van der Waals surface area (Å²) in [5.41, 5.74) is -0.502. The molecule has 1 heterocycles. The Bertz CT molecular complexity index is 457. The van der Waals surface area contributed by atoms with Crippen LogP contribution in [0.1, 0.15) is 60.8 Å². The number of ether oxygens (including phenoxy) is 1. The van der Waals surface area contributed by atoms with Gasteiger partial charge in [0.15, 0.2) is 8.32 Å². The SMILES string of the molecule is CC(C)(C)OC(=O)N1C[C@H](O[Si](C)(C)C(C)(C)C)C[C@@H]1CCCNCO. The summed E-state index contributed by atoms with van der Waals surface area (Å²) in [5, 5.41) is 11.9. The molecule has 1 amide bonds. The molecular weight excluding hydrogens is 348 g/mol. The predicted octanol–water partition coefficient (Wildman–Crippen LogP) is 3.71. The first-order chi connectivity index (χ1) is 11.8. The van der Waals surface area contributed by atoms with Crippen LogP contribution in [0.4, 0.5) is 4.79 Å². The van der Waals surface area contributed by atoms with Crippen molar-refractivity contribution < 1.29 is 19.1 Å². The van der Waals surface area contributed by atoms with Crippen LogP contribution in [-0.2, 0) is 9.16 Å². The van der Waals surface area contributed by atoms with Crippen molar-refractivity contribution in [2.75, 3.05) is 19.8 Å². The molecule has 154 valence electrons. The maximum absolute atomic E-state index is 12.7. The molecule has 1 fully saturated rings. The quantitative estimate of drug-likeness (QED) is 0.395. The Kier molecular flexibility index (Phi) is 8.14. The Morgan fingerprint density at radius 3 is 2.35 bits per heavy atom. The van der Waals surface area contributed by atoms with Gasteiger partial charge in [-0.1, -0.05) is 20.8 Å². The Hall–Kier alpha value is -0.633. The molecule has 0 saturated carbocycles. The number of aliphatic hydroxyl groups excluding tert-OH is 1. The fourth-order valence-electron chi connectivity index (χ4n) is 2.91. The number of hydrogen-bond donors (Lipinski definition) is 2. The van der Waals surface area contributed by atoms with Crippen LogP contribution in [0, 0.1) is 0 Å². The molecule has 1 aliphatic rings. The van der Waals surface area contributed by atoms with Crippen LogP contribution in [0.2, 0.25) is 18.1 Å². The van der Waals surface area contributed by atoms with E-state index in [1.807, 2.05) is 25.7 Å². The molecular formula is C19H40N2O4Si. The summed E-state index contributed by atoms with van der Waals surface area (Å²) in [5.74, 6) is 0. The van der Waals surface area contributed by atoms with Crippen molar-refractivity contribution in [3.05, 3.63) is 0 Å². The Balaban J connectivity index is 2.78. The number of amides is 1. The third-order valence-corrected chi connectivity index (χ3v) is 9.81. The highest BCUT2D eigenvalue weighted by atomic mass is 28.4. The maximum Gasteiger partial charge on any atom is 0.410 e. The third kappa shape index (κ3) is 7.17. The van der Waals surface area contributed by atoms with Gasteiger partial charge in [0.1, 0.15) is 5.60 Å². The Morgan fingerprint density at radius 2 is 1.85 bits per heavy atom. The van der Waals surface area contributed by atoms with Gasteiger partial charge in [0, 0.05) is 12.6 Å². The lowest BCUT2D eigenvalue weighted by molar-refractivity contribution is 0.0203. The van der Waals surface area contributed by atoms with Gasteiger partial charge in [-0.3, -0.25) is 5.32 Å². The first-order valence-electron chi connectivity index (χ1n) is 9.76. The second kappa shape index (κ2) is 9.04. The van der Waals surface area contributed by atoms with Gasteiger partial charge < -0.3 is 19.2 Å².